The van der Waals surface area contributed by atoms with Gasteiger partial charge in [0.25, 0.3) is 5.91 Å². The minimum absolute atomic E-state index is 0.143. The number of benzene rings is 1. The topological polar surface area (TPSA) is 181 Å². The van der Waals surface area contributed by atoms with Crippen molar-refractivity contribution in [3.05, 3.63) is 51.7 Å². The Labute approximate surface area is 233 Å². The number of carbonyl (C=O) groups is 2. The normalized spacial score (nSPS) is 17.0. The van der Waals surface area contributed by atoms with E-state index in [-0.39, 0.29) is 36.5 Å². The molecule has 218 valence electrons. The molecule has 2 aromatic rings. The third-order valence-corrected chi connectivity index (χ3v) is 6.46. The average molecular weight is 558 g/mol. The highest BCUT2D eigenvalue weighted by molar-refractivity contribution is 5.94. The molecule has 1 saturated carbocycles. The lowest BCUT2D eigenvalue weighted by Gasteiger charge is -2.29. The third kappa shape index (κ3) is 9.95. The summed E-state index contributed by atoms with van der Waals surface area (Å²) in [5.41, 5.74) is 0.515. The van der Waals surface area contributed by atoms with E-state index in [0.717, 1.165) is 31.2 Å². The summed E-state index contributed by atoms with van der Waals surface area (Å²) in [5, 5.41) is 32.1. The fraction of sp³-hybridized carbons (Fsp3) is 0.556. The van der Waals surface area contributed by atoms with Gasteiger partial charge in [-0.15, -0.1) is 0 Å². The minimum Gasteiger partial charge on any atom is -0.444 e. The van der Waals surface area contributed by atoms with Gasteiger partial charge in [0.1, 0.15) is 11.8 Å². The van der Waals surface area contributed by atoms with Crippen LogP contribution in [0.15, 0.2) is 30.5 Å². The minimum atomic E-state index is -0.531. The summed E-state index contributed by atoms with van der Waals surface area (Å²) in [6.07, 6.45) is 4.51. The summed E-state index contributed by atoms with van der Waals surface area (Å²) in [4.78, 5) is 43.5. The van der Waals surface area contributed by atoms with Crippen molar-refractivity contribution in [1.82, 2.24) is 20.6 Å². The van der Waals surface area contributed by atoms with Crippen LogP contribution in [0.1, 0.15) is 62.4 Å². The Morgan fingerprint density at radius 3 is 2.45 bits per heavy atom. The molecule has 13 nitrogen and oxygen atoms in total. The predicted octanol–water partition coefficient (Wildman–Crippen LogP) is 3.46. The quantitative estimate of drug-likeness (QED) is 0.191. The first kappa shape index (κ1) is 30.5. The lowest BCUT2D eigenvalue weighted by molar-refractivity contribution is -0.384. The van der Waals surface area contributed by atoms with E-state index in [0.29, 0.717) is 37.0 Å². The molecule has 1 fully saturated rings. The van der Waals surface area contributed by atoms with Gasteiger partial charge in [-0.2, -0.15) is 4.98 Å². The van der Waals surface area contributed by atoms with E-state index in [9.17, 15) is 19.7 Å². The molecule has 1 aromatic heterocycles. The maximum Gasteiger partial charge on any atom is 0.407 e. The number of aliphatic hydroxyl groups excluding tert-OH is 1. The molecule has 0 radical (unpaired) electrons. The standard InChI is InChI=1S/C27H39N7O6/c1-27(2,3)40-26(37)32-15-19-9-7-18(8-10-19)14-29-23-22(34(38)39)17-31-25(33-23)30-16-20-5-4-6-21(13-20)24(36)28-11-12-35/h4-6,13,17-19,35H,7-12,14-16H2,1-3H3,(H,28,36)(H,32,37)(H2,29,30,31,33)/t18-,19-. The molecule has 40 heavy (non-hydrogen) atoms. The Bertz CT molecular complexity index is 1160. The number of alkyl carbamates (subject to hydrolysis) is 1. The first-order valence-electron chi connectivity index (χ1n) is 13.5. The second kappa shape index (κ2) is 14.4. The zero-order valence-electron chi connectivity index (χ0n) is 23.2. The molecule has 0 atom stereocenters. The van der Waals surface area contributed by atoms with E-state index < -0.39 is 16.6 Å². The Kier molecular flexibility index (Phi) is 11.0. The zero-order valence-corrected chi connectivity index (χ0v) is 23.2. The first-order chi connectivity index (χ1) is 19.0. The number of amides is 2. The Morgan fingerprint density at radius 2 is 1.80 bits per heavy atom. The SMILES string of the molecule is CC(C)(C)OC(=O)NC[C@H]1CC[C@H](CNc2nc(NCc3cccc(C(=O)NCCO)c3)ncc2[N+](=O)[O-])CC1. The number of nitro groups is 1. The predicted molar refractivity (Wildman–Crippen MR) is 150 cm³/mol. The molecule has 0 aliphatic heterocycles. The highest BCUT2D eigenvalue weighted by Crippen LogP contribution is 2.30. The number of hydrogen-bond acceptors (Lipinski definition) is 10. The molecule has 2 amide bonds. The number of nitrogens with one attached hydrogen (secondary N) is 4. The van der Waals surface area contributed by atoms with Crippen molar-refractivity contribution >= 4 is 29.5 Å². The van der Waals surface area contributed by atoms with E-state index >= 15 is 0 Å². The van der Waals surface area contributed by atoms with Crippen LogP contribution < -0.4 is 21.3 Å². The molecule has 13 heteroatoms. The average Bonchev–Trinajstić information content (AvgIpc) is 2.92. The van der Waals surface area contributed by atoms with Gasteiger partial charge in [0.15, 0.2) is 0 Å². The van der Waals surface area contributed by atoms with Crippen LogP contribution in [0.2, 0.25) is 0 Å². The van der Waals surface area contributed by atoms with E-state index in [1.807, 2.05) is 26.8 Å². The van der Waals surface area contributed by atoms with Gasteiger partial charge in [0, 0.05) is 31.7 Å². The van der Waals surface area contributed by atoms with Crippen LogP contribution in [0.25, 0.3) is 0 Å². The molecule has 0 spiro atoms. The maximum atomic E-state index is 12.1. The molecule has 3 rings (SSSR count). The van der Waals surface area contributed by atoms with Gasteiger partial charge < -0.3 is 31.1 Å². The molecule has 5 N–H and O–H groups in total. The number of anilines is 2. The summed E-state index contributed by atoms with van der Waals surface area (Å²) < 4.78 is 5.29. The molecule has 0 unspecified atom stereocenters. The van der Waals surface area contributed by atoms with Crippen molar-refractivity contribution in [2.75, 3.05) is 36.9 Å². The highest BCUT2D eigenvalue weighted by atomic mass is 16.6. The van der Waals surface area contributed by atoms with Gasteiger partial charge in [-0.3, -0.25) is 14.9 Å². The van der Waals surface area contributed by atoms with Crippen molar-refractivity contribution in [3.8, 4) is 0 Å². The number of nitrogens with zero attached hydrogens (tertiary/aromatic N) is 3. The fourth-order valence-corrected chi connectivity index (χ4v) is 4.42. The monoisotopic (exact) mass is 557 g/mol. The molecule has 0 bridgehead atoms. The van der Waals surface area contributed by atoms with Crippen LogP contribution in [0.4, 0.5) is 22.2 Å². The van der Waals surface area contributed by atoms with Gasteiger partial charge in [-0.1, -0.05) is 12.1 Å². The van der Waals surface area contributed by atoms with Crippen molar-refractivity contribution in [1.29, 1.82) is 0 Å². The molecule has 0 saturated heterocycles. The maximum absolute atomic E-state index is 12.1. The number of carbonyl (C=O) groups excluding carboxylic acids is 2. The van der Waals surface area contributed by atoms with Crippen LogP contribution in [-0.4, -0.2) is 63.8 Å². The summed E-state index contributed by atoms with van der Waals surface area (Å²) in [6, 6.07) is 6.96. The number of ether oxygens (including phenoxy) is 1. The van der Waals surface area contributed by atoms with E-state index in [4.69, 9.17) is 9.84 Å². The summed E-state index contributed by atoms with van der Waals surface area (Å²) >= 11 is 0. The summed E-state index contributed by atoms with van der Waals surface area (Å²) in [7, 11) is 0. The Balaban J connectivity index is 1.51. The van der Waals surface area contributed by atoms with Crippen molar-refractivity contribution in [2.24, 2.45) is 11.8 Å². The van der Waals surface area contributed by atoms with Gasteiger partial charge in [0.2, 0.25) is 11.8 Å². The van der Waals surface area contributed by atoms with Crippen LogP contribution in [0, 0.1) is 22.0 Å². The number of hydrogen-bond donors (Lipinski definition) is 5. The van der Waals surface area contributed by atoms with Crippen LogP contribution in [0.5, 0.6) is 0 Å². The first-order valence-corrected chi connectivity index (χ1v) is 13.5. The lowest BCUT2D eigenvalue weighted by atomic mass is 9.82. The smallest absolute Gasteiger partial charge is 0.407 e. The molecular weight excluding hydrogens is 518 g/mol. The number of aromatic nitrogens is 2. The van der Waals surface area contributed by atoms with Crippen molar-refractivity contribution < 1.29 is 24.4 Å². The largest absolute Gasteiger partial charge is 0.444 e. The second-order valence-electron chi connectivity index (χ2n) is 10.9. The Hall–Kier alpha value is -4.00. The van der Waals surface area contributed by atoms with Crippen LogP contribution >= 0.6 is 0 Å². The number of rotatable bonds is 12. The van der Waals surface area contributed by atoms with Gasteiger partial charge in [-0.25, -0.2) is 9.78 Å². The van der Waals surface area contributed by atoms with Gasteiger partial charge >= 0.3 is 11.8 Å². The molecule has 1 aliphatic carbocycles. The van der Waals surface area contributed by atoms with E-state index in [1.165, 1.54) is 6.20 Å². The third-order valence-electron chi connectivity index (χ3n) is 6.46. The molecule has 1 heterocycles. The van der Waals surface area contributed by atoms with Gasteiger partial charge in [0.05, 0.1) is 11.5 Å². The van der Waals surface area contributed by atoms with Crippen molar-refractivity contribution in [3.63, 3.8) is 0 Å². The van der Waals surface area contributed by atoms with Gasteiger partial charge in [-0.05, 0) is 76.0 Å². The molecular formula is C27H39N7O6. The fourth-order valence-electron chi connectivity index (χ4n) is 4.42. The van der Waals surface area contributed by atoms with Crippen molar-refractivity contribution in [2.45, 2.75) is 58.6 Å². The molecule has 1 aliphatic rings. The highest BCUT2D eigenvalue weighted by Gasteiger charge is 2.24. The molecule has 1 aromatic carbocycles. The summed E-state index contributed by atoms with van der Waals surface area (Å²) in [6.45, 7) is 6.92. The van der Waals surface area contributed by atoms with Crippen LogP contribution in [0.3, 0.4) is 0 Å². The number of aliphatic hydroxyl groups is 1. The summed E-state index contributed by atoms with van der Waals surface area (Å²) in [5.74, 6) is 0.770. The van der Waals surface area contributed by atoms with Crippen LogP contribution in [-0.2, 0) is 11.3 Å². The zero-order chi connectivity index (χ0) is 29.1. The Morgan fingerprint density at radius 1 is 1.10 bits per heavy atom. The van der Waals surface area contributed by atoms with E-state index in [2.05, 4.69) is 31.2 Å². The lowest BCUT2D eigenvalue weighted by Crippen LogP contribution is -2.36. The van der Waals surface area contributed by atoms with E-state index in [1.54, 1.807) is 18.2 Å². The second-order valence-corrected chi connectivity index (χ2v) is 10.9.